The monoisotopic (exact) mass is 453 g/mol. The van der Waals surface area contributed by atoms with Gasteiger partial charge in [0.25, 0.3) is 0 Å². The molecule has 0 amide bonds. The van der Waals surface area contributed by atoms with E-state index in [9.17, 15) is 0 Å². The molecule has 0 aliphatic rings. The number of hydrogen-bond donors (Lipinski definition) is 0. The van der Waals surface area contributed by atoms with Crippen LogP contribution in [0, 0.1) is 41.7 Å². The molecule has 0 spiro atoms. The van der Waals surface area contributed by atoms with E-state index in [4.69, 9.17) is 0 Å². The SMILES string of the molecule is [Ce].[Cr].[Nb].[Sn].[Ti]. The van der Waals surface area contributed by atoms with Crippen molar-refractivity contribution in [3.63, 3.8) is 0 Å². The average Bonchev–Trinajstić information content (AvgIpc) is 0. The third-order valence-corrected chi connectivity index (χ3v) is 0. The topological polar surface area (TPSA) is 0 Å². The van der Waals surface area contributed by atoms with Crippen molar-refractivity contribution in [2.45, 2.75) is 0 Å². The molecule has 23 valence electrons. The van der Waals surface area contributed by atoms with E-state index in [-0.39, 0.29) is 127 Å². The summed E-state index contributed by atoms with van der Waals surface area (Å²) in [7, 11) is 0. The van der Waals surface area contributed by atoms with Crippen molar-refractivity contribution in [1.82, 2.24) is 0 Å². The smallest absolute Gasteiger partial charge is 0 e. The van der Waals surface area contributed by atoms with Crippen LogP contribution in [0.4, 0.5) is 0 Å². The van der Waals surface area contributed by atoms with Gasteiger partial charge in [-0.2, -0.15) is 0 Å². The molecule has 0 unspecified atom stereocenters. The van der Waals surface area contributed by atoms with E-state index in [0.717, 1.165) is 0 Å². The van der Waals surface area contributed by atoms with Gasteiger partial charge in [0.05, 0.1) is 0 Å². The fourth-order valence-corrected chi connectivity index (χ4v) is 0. The molecular weight excluding hydrogens is 452 g/mol. The molecule has 0 saturated carbocycles. The van der Waals surface area contributed by atoms with Crippen LogP contribution in [0.15, 0.2) is 0 Å². The maximum Gasteiger partial charge on any atom is 0 e. The summed E-state index contributed by atoms with van der Waals surface area (Å²) in [6.07, 6.45) is 0. The van der Waals surface area contributed by atoms with Gasteiger partial charge in [0, 0.05) is 127 Å². The van der Waals surface area contributed by atoms with Crippen LogP contribution in [0.5, 0.6) is 0 Å². The van der Waals surface area contributed by atoms with Crippen molar-refractivity contribution in [3.8, 4) is 0 Å². The zero-order valence-electron chi connectivity index (χ0n) is 2.36. The minimum absolute atomic E-state index is 0. The molecule has 0 nitrogen and oxygen atoms in total. The predicted octanol–water partition coefficient (Wildman–Crippen LogP) is -0.388. The summed E-state index contributed by atoms with van der Waals surface area (Å²) in [4.78, 5) is 0. The minimum atomic E-state index is 0. The van der Waals surface area contributed by atoms with Gasteiger partial charge in [-0.25, -0.2) is 0 Å². The van der Waals surface area contributed by atoms with Gasteiger partial charge in [0.15, 0.2) is 0 Å². The first-order valence-electron chi connectivity index (χ1n) is 0. The predicted molar refractivity (Wildman–Crippen MR) is 5.75 cm³/mol. The van der Waals surface area contributed by atoms with Crippen molar-refractivity contribution in [2.75, 3.05) is 0 Å². The fourth-order valence-electron chi connectivity index (χ4n) is 0. The van der Waals surface area contributed by atoms with Gasteiger partial charge in [-0.3, -0.25) is 0 Å². The molecule has 0 aliphatic heterocycles. The molecule has 5 radical (unpaired) electrons. The molecule has 0 bridgehead atoms. The van der Waals surface area contributed by atoms with Crippen LogP contribution >= 0.6 is 0 Å². The molecule has 0 aliphatic carbocycles. The maximum absolute atomic E-state index is 0. The quantitative estimate of drug-likeness (QED) is 0.441. The summed E-state index contributed by atoms with van der Waals surface area (Å²) >= 11 is 0. The second-order valence-electron chi connectivity index (χ2n) is 0. The van der Waals surface area contributed by atoms with Crippen molar-refractivity contribution in [3.05, 3.63) is 0 Å². The van der Waals surface area contributed by atoms with Gasteiger partial charge in [-0.1, -0.05) is 0 Å². The summed E-state index contributed by atoms with van der Waals surface area (Å²) in [6.45, 7) is 0. The third-order valence-electron chi connectivity index (χ3n) is 0. The van der Waals surface area contributed by atoms with E-state index in [1.807, 2.05) is 0 Å². The number of hydrogen-bond acceptors (Lipinski definition) is 0. The van der Waals surface area contributed by atoms with Gasteiger partial charge in [-0.05, 0) is 0 Å². The standard InChI is InChI=1S/Ce.Cr.Nb.Sn.Ti. The van der Waals surface area contributed by atoms with Crippen LogP contribution in [0.2, 0.25) is 0 Å². The second kappa shape index (κ2) is 24.2. The molecule has 5 heteroatoms. The molecule has 0 aromatic carbocycles. The first-order valence-corrected chi connectivity index (χ1v) is 0. The summed E-state index contributed by atoms with van der Waals surface area (Å²) < 4.78 is 0. The van der Waals surface area contributed by atoms with E-state index in [1.54, 1.807) is 0 Å². The first-order chi connectivity index (χ1) is 0. The van der Waals surface area contributed by atoms with E-state index in [2.05, 4.69) is 0 Å². The van der Waals surface area contributed by atoms with E-state index in [0.29, 0.717) is 0 Å². The Kier molecular flexibility index (Phi) is 170. The molecule has 0 rings (SSSR count). The largest absolute Gasteiger partial charge is 0 e. The molecule has 0 N–H and O–H groups in total. The van der Waals surface area contributed by atoms with Crippen molar-refractivity contribution >= 4 is 23.9 Å². The van der Waals surface area contributed by atoms with Crippen LogP contribution in [0.25, 0.3) is 0 Å². The fraction of sp³-hybridized carbons (Fsp3) is 0. The van der Waals surface area contributed by atoms with Gasteiger partial charge in [-0.15, -0.1) is 0 Å². The Morgan fingerprint density at radius 3 is 1.00 bits per heavy atom. The zero-order valence-corrected chi connectivity index (χ0v) is 13.4. The Morgan fingerprint density at radius 1 is 1.00 bits per heavy atom. The summed E-state index contributed by atoms with van der Waals surface area (Å²) in [5.74, 6) is 0. The van der Waals surface area contributed by atoms with Gasteiger partial charge < -0.3 is 0 Å². The van der Waals surface area contributed by atoms with Gasteiger partial charge in [0.2, 0.25) is 0 Å². The summed E-state index contributed by atoms with van der Waals surface area (Å²) in [6, 6.07) is 0. The van der Waals surface area contributed by atoms with Crippen LogP contribution in [-0.2, 0) is 61.5 Å². The normalized spacial score (nSPS) is 0. The van der Waals surface area contributed by atoms with Gasteiger partial charge >= 0.3 is 0 Å². The van der Waals surface area contributed by atoms with E-state index < -0.39 is 0 Å². The Morgan fingerprint density at radius 2 is 1.00 bits per heavy atom. The molecule has 5 heavy (non-hydrogen) atoms. The molecule has 0 heterocycles. The summed E-state index contributed by atoms with van der Waals surface area (Å²) in [5, 5.41) is 0. The maximum atomic E-state index is 0. The average molecular weight is 452 g/mol. The van der Waals surface area contributed by atoms with E-state index >= 15 is 0 Å². The van der Waals surface area contributed by atoms with Crippen molar-refractivity contribution in [1.29, 1.82) is 0 Å². The van der Waals surface area contributed by atoms with Crippen LogP contribution in [-0.4, -0.2) is 23.9 Å². The Balaban J connectivity index is 0. The second-order valence-corrected chi connectivity index (χ2v) is 0. The Labute approximate surface area is 124 Å². The van der Waals surface area contributed by atoms with Crippen LogP contribution in [0.3, 0.4) is 0 Å². The van der Waals surface area contributed by atoms with E-state index in [1.165, 1.54) is 0 Å². The van der Waals surface area contributed by atoms with Crippen LogP contribution < -0.4 is 0 Å². The third kappa shape index (κ3) is 17.9. The van der Waals surface area contributed by atoms with Crippen molar-refractivity contribution in [2.24, 2.45) is 0 Å². The van der Waals surface area contributed by atoms with Gasteiger partial charge in [0.1, 0.15) is 0 Å². The molecule has 0 aromatic heterocycles. The Hall–Kier alpha value is 4.16. The minimum Gasteiger partial charge on any atom is 0 e. The molecule has 0 aromatic rings. The zero-order chi connectivity index (χ0) is 0. The van der Waals surface area contributed by atoms with Crippen LogP contribution in [0.1, 0.15) is 0 Å². The molecular formula is CeCrNbSnTi. The summed E-state index contributed by atoms with van der Waals surface area (Å²) in [5.41, 5.74) is 0. The first kappa shape index (κ1) is 35.2. The molecule has 0 atom stereocenters. The Bertz CT molecular complexity index is 11.6. The molecule has 0 fully saturated rings. The molecule has 0 saturated heterocycles. The number of rotatable bonds is 0. The van der Waals surface area contributed by atoms with Crippen molar-refractivity contribution < 1.29 is 103 Å².